The molecule has 2 aliphatic rings. The van der Waals surface area contributed by atoms with Gasteiger partial charge in [-0.15, -0.1) is 0 Å². The Balaban J connectivity index is 1.62. The van der Waals surface area contributed by atoms with Gasteiger partial charge in [-0.3, -0.25) is 0 Å². The van der Waals surface area contributed by atoms with Gasteiger partial charge >= 0.3 is 0 Å². The molecule has 1 unspecified atom stereocenters. The summed E-state index contributed by atoms with van der Waals surface area (Å²) >= 11 is 0. The largest absolute Gasteiger partial charge is 0.378 e. The Labute approximate surface area is 169 Å². The molecule has 0 aliphatic carbocycles. The van der Waals surface area contributed by atoms with E-state index in [0.717, 1.165) is 70.6 Å². The number of piperidine rings is 1. The van der Waals surface area contributed by atoms with Gasteiger partial charge in [0.15, 0.2) is 5.96 Å². The molecule has 0 amide bonds. The number of ether oxygens (including phenoxy) is 2. The predicted molar refractivity (Wildman–Crippen MR) is 113 cm³/mol. The Kier molecular flexibility index (Phi) is 7.91. The smallest absolute Gasteiger partial charge is 0.194 e. The zero-order valence-corrected chi connectivity index (χ0v) is 17.6. The van der Waals surface area contributed by atoms with E-state index in [4.69, 9.17) is 14.5 Å². The maximum Gasteiger partial charge on any atom is 0.194 e. The Morgan fingerprint density at radius 1 is 1.32 bits per heavy atom. The summed E-state index contributed by atoms with van der Waals surface area (Å²) in [4.78, 5) is 14.1. The second-order valence-electron chi connectivity index (χ2n) is 7.46. The molecule has 2 saturated heterocycles. The minimum Gasteiger partial charge on any atom is -0.378 e. The lowest BCUT2D eigenvalue weighted by molar-refractivity contribution is 0.0263. The highest BCUT2D eigenvalue weighted by atomic mass is 16.5. The fourth-order valence-electron chi connectivity index (χ4n) is 3.82. The summed E-state index contributed by atoms with van der Waals surface area (Å²) in [6, 6.07) is 4.22. The van der Waals surface area contributed by atoms with Crippen molar-refractivity contribution in [3.05, 3.63) is 23.9 Å². The number of morpholine rings is 1. The molecule has 0 bridgehead atoms. The van der Waals surface area contributed by atoms with E-state index in [2.05, 4.69) is 53.0 Å². The molecule has 0 spiro atoms. The monoisotopic (exact) mass is 389 g/mol. The summed E-state index contributed by atoms with van der Waals surface area (Å²) < 4.78 is 11.4. The van der Waals surface area contributed by atoms with Gasteiger partial charge in [0, 0.05) is 45.5 Å². The van der Waals surface area contributed by atoms with Crippen molar-refractivity contribution in [2.45, 2.75) is 52.4 Å². The van der Waals surface area contributed by atoms with E-state index in [1.807, 2.05) is 6.20 Å². The molecule has 0 radical (unpaired) electrons. The number of anilines is 1. The molecule has 3 heterocycles. The third-order valence-electron chi connectivity index (χ3n) is 5.27. The van der Waals surface area contributed by atoms with E-state index in [9.17, 15) is 0 Å². The number of hydrogen-bond acceptors (Lipinski definition) is 5. The molecule has 1 aromatic heterocycles. The van der Waals surface area contributed by atoms with Crippen LogP contribution in [0.5, 0.6) is 0 Å². The van der Waals surface area contributed by atoms with Crippen LogP contribution in [-0.4, -0.2) is 74.0 Å². The number of aliphatic imine (C=N–C) groups is 1. The lowest BCUT2D eigenvalue weighted by Crippen LogP contribution is -2.47. The van der Waals surface area contributed by atoms with Crippen molar-refractivity contribution in [2.24, 2.45) is 4.99 Å². The van der Waals surface area contributed by atoms with E-state index < -0.39 is 0 Å². The summed E-state index contributed by atoms with van der Waals surface area (Å²) in [5.41, 5.74) is 1.18. The van der Waals surface area contributed by atoms with Gasteiger partial charge in [-0.25, -0.2) is 9.98 Å². The first-order valence-electron chi connectivity index (χ1n) is 10.7. The summed E-state index contributed by atoms with van der Waals surface area (Å²) in [6.45, 7) is 13.1. The van der Waals surface area contributed by atoms with Crippen LogP contribution in [0.4, 0.5) is 5.82 Å². The summed E-state index contributed by atoms with van der Waals surface area (Å²) in [6.07, 6.45) is 4.65. The second kappa shape index (κ2) is 10.6. The number of rotatable bonds is 6. The SMILES string of the molecule is CCNC(=NCc1ccnc(N2CCOC(C)C2)c1)N1CCC(OCC)CC1. The fraction of sp³-hybridized carbons (Fsp3) is 0.714. The zero-order chi connectivity index (χ0) is 19.8. The Hall–Kier alpha value is -1.86. The average molecular weight is 390 g/mol. The topological polar surface area (TPSA) is 62.2 Å². The lowest BCUT2D eigenvalue weighted by Gasteiger charge is -2.34. The van der Waals surface area contributed by atoms with Crippen LogP contribution in [0.1, 0.15) is 39.2 Å². The summed E-state index contributed by atoms with van der Waals surface area (Å²) in [5.74, 6) is 2.01. The summed E-state index contributed by atoms with van der Waals surface area (Å²) in [7, 11) is 0. The molecule has 7 heteroatoms. The number of nitrogens with one attached hydrogen (secondary N) is 1. The number of guanidine groups is 1. The zero-order valence-electron chi connectivity index (χ0n) is 17.6. The highest BCUT2D eigenvalue weighted by Gasteiger charge is 2.22. The Morgan fingerprint density at radius 2 is 2.14 bits per heavy atom. The molecule has 156 valence electrons. The van der Waals surface area contributed by atoms with Gasteiger partial charge in [-0.2, -0.15) is 0 Å². The molecular weight excluding hydrogens is 354 g/mol. The van der Waals surface area contributed by atoms with E-state index in [1.165, 1.54) is 5.56 Å². The molecule has 7 nitrogen and oxygen atoms in total. The van der Waals surface area contributed by atoms with Crippen molar-refractivity contribution in [3.8, 4) is 0 Å². The predicted octanol–water partition coefficient (Wildman–Crippen LogP) is 2.27. The van der Waals surface area contributed by atoms with E-state index in [0.29, 0.717) is 12.6 Å². The molecule has 1 N–H and O–H groups in total. The average Bonchev–Trinajstić information content (AvgIpc) is 2.72. The quantitative estimate of drug-likeness (QED) is 0.595. The third-order valence-corrected chi connectivity index (χ3v) is 5.27. The number of pyridine rings is 1. The minimum absolute atomic E-state index is 0.247. The van der Waals surface area contributed by atoms with E-state index in [-0.39, 0.29) is 6.10 Å². The van der Waals surface area contributed by atoms with Crippen LogP contribution in [0.25, 0.3) is 0 Å². The molecule has 0 saturated carbocycles. The van der Waals surface area contributed by atoms with Crippen molar-refractivity contribution in [1.82, 2.24) is 15.2 Å². The molecule has 28 heavy (non-hydrogen) atoms. The first-order valence-corrected chi connectivity index (χ1v) is 10.7. The van der Waals surface area contributed by atoms with E-state index in [1.54, 1.807) is 0 Å². The molecule has 2 aliphatic heterocycles. The van der Waals surface area contributed by atoms with Gasteiger partial charge in [0.25, 0.3) is 0 Å². The normalized spacial score (nSPS) is 21.8. The maximum atomic E-state index is 5.77. The first-order chi connectivity index (χ1) is 13.7. The van der Waals surface area contributed by atoms with Crippen molar-refractivity contribution < 1.29 is 9.47 Å². The van der Waals surface area contributed by atoms with Crippen molar-refractivity contribution in [2.75, 3.05) is 50.8 Å². The maximum absolute atomic E-state index is 5.77. The van der Waals surface area contributed by atoms with Gasteiger partial charge in [-0.1, -0.05) is 0 Å². The van der Waals surface area contributed by atoms with Gasteiger partial charge in [0.1, 0.15) is 5.82 Å². The first kappa shape index (κ1) is 20.9. The molecule has 3 rings (SSSR count). The molecule has 1 aromatic rings. The summed E-state index contributed by atoms with van der Waals surface area (Å²) in [5, 5.41) is 3.45. The number of aromatic nitrogens is 1. The highest BCUT2D eigenvalue weighted by molar-refractivity contribution is 5.80. The lowest BCUT2D eigenvalue weighted by atomic mass is 10.1. The van der Waals surface area contributed by atoms with Crippen LogP contribution >= 0.6 is 0 Å². The van der Waals surface area contributed by atoms with Gasteiger partial charge < -0.3 is 24.6 Å². The number of likely N-dealkylation sites (tertiary alicyclic amines) is 1. The van der Waals surface area contributed by atoms with Gasteiger partial charge in [-0.05, 0) is 51.3 Å². The van der Waals surface area contributed by atoms with Crippen molar-refractivity contribution >= 4 is 11.8 Å². The van der Waals surface area contributed by atoms with Crippen molar-refractivity contribution in [1.29, 1.82) is 0 Å². The van der Waals surface area contributed by atoms with Crippen LogP contribution in [-0.2, 0) is 16.0 Å². The Bertz CT molecular complexity index is 631. The third kappa shape index (κ3) is 5.82. The van der Waals surface area contributed by atoms with E-state index >= 15 is 0 Å². The van der Waals surface area contributed by atoms with Crippen LogP contribution < -0.4 is 10.2 Å². The van der Waals surface area contributed by atoms with Crippen LogP contribution in [0, 0.1) is 0 Å². The highest BCUT2D eigenvalue weighted by Crippen LogP contribution is 2.18. The second-order valence-corrected chi connectivity index (χ2v) is 7.46. The van der Waals surface area contributed by atoms with Crippen LogP contribution in [0.2, 0.25) is 0 Å². The molecular formula is C21H35N5O2. The van der Waals surface area contributed by atoms with Crippen LogP contribution in [0.15, 0.2) is 23.3 Å². The van der Waals surface area contributed by atoms with Crippen molar-refractivity contribution in [3.63, 3.8) is 0 Å². The Morgan fingerprint density at radius 3 is 2.86 bits per heavy atom. The van der Waals surface area contributed by atoms with Crippen LogP contribution in [0.3, 0.4) is 0 Å². The minimum atomic E-state index is 0.247. The molecule has 2 fully saturated rings. The standard InChI is InChI=1S/C21H35N5O2/c1-4-22-21(25-10-7-19(8-11-25)27-5-2)24-15-18-6-9-23-20(14-18)26-12-13-28-17(3)16-26/h6,9,14,17,19H,4-5,7-8,10-13,15-16H2,1-3H3,(H,22,24). The van der Waals surface area contributed by atoms with Gasteiger partial charge in [0.05, 0.1) is 25.4 Å². The number of nitrogens with zero attached hydrogens (tertiary/aromatic N) is 4. The molecule has 1 atom stereocenters. The fourth-order valence-corrected chi connectivity index (χ4v) is 3.82. The van der Waals surface area contributed by atoms with Gasteiger partial charge in [0.2, 0.25) is 0 Å². The number of hydrogen-bond donors (Lipinski definition) is 1. The molecule has 0 aromatic carbocycles.